The summed E-state index contributed by atoms with van der Waals surface area (Å²) in [5.41, 5.74) is 0.768. The van der Waals surface area contributed by atoms with Crippen molar-refractivity contribution in [1.29, 1.82) is 0 Å². The number of hydrogen-bond acceptors (Lipinski definition) is 12. The van der Waals surface area contributed by atoms with E-state index in [4.69, 9.17) is 28.2 Å². The number of hydrogen-bond donors (Lipinski definition) is 0. The Morgan fingerprint density at radius 2 is 1.34 bits per heavy atom. The minimum atomic E-state index is 0.0665. The molecular weight excluding hydrogens is 456 g/mol. The smallest absolute Gasteiger partial charge is 0.328 e. The minimum absolute atomic E-state index is 0.0665. The Kier molecular flexibility index (Phi) is 7.10. The van der Waals surface area contributed by atoms with Crippen LogP contribution in [0.4, 0.5) is 11.8 Å². The third kappa shape index (κ3) is 5.49. The van der Waals surface area contributed by atoms with Gasteiger partial charge in [-0.05, 0) is 13.0 Å². The van der Waals surface area contributed by atoms with Crippen LogP contribution in [0.25, 0.3) is 0 Å². The van der Waals surface area contributed by atoms with Gasteiger partial charge >= 0.3 is 6.01 Å². The van der Waals surface area contributed by atoms with Gasteiger partial charge in [0, 0.05) is 11.6 Å². The van der Waals surface area contributed by atoms with Crippen LogP contribution in [0.15, 0.2) is 47.0 Å². The molecule has 4 aromatic rings. The highest BCUT2D eigenvalue weighted by Crippen LogP contribution is 2.32. The van der Waals surface area contributed by atoms with Crippen molar-refractivity contribution in [2.45, 2.75) is 13.5 Å². The van der Waals surface area contributed by atoms with E-state index in [1.807, 2.05) is 18.2 Å². The van der Waals surface area contributed by atoms with E-state index < -0.39 is 0 Å². The summed E-state index contributed by atoms with van der Waals surface area (Å²) in [4.78, 5) is 19.2. The second-order valence-corrected chi connectivity index (χ2v) is 7.08. The van der Waals surface area contributed by atoms with E-state index >= 15 is 0 Å². The Bertz CT molecular complexity index is 1250. The van der Waals surface area contributed by atoms with Gasteiger partial charge in [-0.2, -0.15) is 19.9 Å². The summed E-state index contributed by atoms with van der Waals surface area (Å²) < 4.78 is 32.4. The maximum atomic E-state index is 6.02. The quantitative estimate of drug-likeness (QED) is 0.328. The molecule has 35 heavy (non-hydrogen) atoms. The van der Waals surface area contributed by atoms with E-state index in [1.165, 1.54) is 28.4 Å². The fourth-order valence-corrected chi connectivity index (χ4v) is 3.10. The van der Waals surface area contributed by atoms with E-state index in [0.717, 1.165) is 5.56 Å². The van der Waals surface area contributed by atoms with E-state index in [9.17, 15) is 0 Å². The lowest BCUT2D eigenvalue weighted by Gasteiger charge is -2.21. The summed E-state index contributed by atoms with van der Waals surface area (Å²) in [6.45, 7) is 2.06. The first-order chi connectivity index (χ1) is 17.0. The summed E-state index contributed by atoms with van der Waals surface area (Å²) in [5.74, 6) is 3.19. The predicted molar refractivity (Wildman–Crippen MR) is 124 cm³/mol. The Labute approximate surface area is 201 Å². The second-order valence-electron chi connectivity index (χ2n) is 7.08. The molecule has 0 aliphatic rings. The molecule has 0 unspecified atom stereocenters. The number of aryl methyl sites for hydroxylation is 1. The van der Waals surface area contributed by atoms with Crippen LogP contribution in [-0.2, 0) is 6.54 Å². The Morgan fingerprint density at radius 1 is 0.771 bits per heavy atom. The van der Waals surface area contributed by atoms with Crippen molar-refractivity contribution in [3.63, 3.8) is 0 Å². The van der Waals surface area contributed by atoms with Crippen LogP contribution in [0.3, 0.4) is 0 Å². The number of benzene rings is 1. The number of anilines is 2. The molecule has 3 heterocycles. The predicted octanol–water partition coefficient (Wildman–Crippen LogP) is 3.73. The molecule has 4 rings (SSSR count). The summed E-state index contributed by atoms with van der Waals surface area (Å²) in [7, 11) is 6.03. The zero-order valence-corrected chi connectivity index (χ0v) is 19.9. The molecule has 0 N–H and O–H groups in total. The molecule has 0 radical (unpaired) electrons. The first kappa shape index (κ1) is 23.5. The van der Waals surface area contributed by atoms with E-state index in [1.54, 1.807) is 36.1 Å². The van der Waals surface area contributed by atoms with Gasteiger partial charge in [-0.3, -0.25) is 4.90 Å². The van der Waals surface area contributed by atoms with Gasteiger partial charge in [0.25, 0.3) is 0 Å². The van der Waals surface area contributed by atoms with Gasteiger partial charge in [-0.15, -0.1) is 0 Å². The lowest BCUT2D eigenvalue weighted by molar-refractivity contribution is 0.347. The van der Waals surface area contributed by atoms with Crippen LogP contribution in [0.2, 0.25) is 0 Å². The van der Waals surface area contributed by atoms with Gasteiger partial charge < -0.3 is 28.2 Å². The third-order valence-electron chi connectivity index (χ3n) is 4.80. The Morgan fingerprint density at radius 3 is 1.89 bits per heavy atom. The van der Waals surface area contributed by atoms with E-state index in [-0.39, 0.29) is 12.6 Å². The lowest BCUT2D eigenvalue weighted by Crippen LogP contribution is -2.20. The van der Waals surface area contributed by atoms with Crippen LogP contribution >= 0.6 is 0 Å². The number of aromatic nitrogens is 5. The van der Waals surface area contributed by atoms with Crippen LogP contribution in [-0.4, -0.2) is 53.5 Å². The number of nitrogens with zero attached hydrogens (tertiary/aromatic N) is 6. The maximum absolute atomic E-state index is 6.02. The van der Waals surface area contributed by atoms with Crippen molar-refractivity contribution in [1.82, 2.24) is 25.1 Å². The summed E-state index contributed by atoms with van der Waals surface area (Å²) in [5, 5.41) is 4.15. The normalized spacial score (nSPS) is 10.5. The van der Waals surface area contributed by atoms with Crippen molar-refractivity contribution in [2.24, 2.45) is 0 Å². The molecule has 0 spiro atoms. The second kappa shape index (κ2) is 10.5. The zero-order chi connectivity index (χ0) is 24.8. The largest absolute Gasteiger partial charge is 0.481 e. The fourth-order valence-electron chi connectivity index (χ4n) is 3.10. The summed E-state index contributed by atoms with van der Waals surface area (Å²) >= 11 is 0. The molecule has 0 aliphatic heterocycles. The van der Waals surface area contributed by atoms with Gasteiger partial charge in [0.05, 0.1) is 47.1 Å². The summed E-state index contributed by atoms with van der Waals surface area (Å²) in [6.07, 6.45) is 0. The average Bonchev–Trinajstić information content (AvgIpc) is 3.33. The fraction of sp³-hybridized carbons (Fsp3) is 0.261. The molecule has 0 amide bonds. The maximum Gasteiger partial charge on any atom is 0.328 e. The number of para-hydroxylation sites is 1. The summed E-state index contributed by atoms with van der Waals surface area (Å²) in [6, 6.07) is 12.4. The molecule has 0 fully saturated rings. The first-order valence-electron chi connectivity index (χ1n) is 10.4. The highest BCUT2D eigenvalue weighted by molar-refractivity contribution is 5.55. The zero-order valence-electron chi connectivity index (χ0n) is 19.9. The van der Waals surface area contributed by atoms with Gasteiger partial charge in [0.1, 0.15) is 11.5 Å². The molecule has 0 aliphatic carbocycles. The molecule has 0 atom stereocenters. The number of rotatable bonds is 10. The van der Waals surface area contributed by atoms with Crippen LogP contribution < -0.4 is 28.6 Å². The molecule has 3 aromatic heterocycles. The van der Waals surface area contributed by atoms with E-state index in [0.29, 0.717) is 46.8 Å². The Hall–Kier alpha value is -4.61. The molecular formula is C23H24N6O6. The topological polar surface area (TPSA) is 127 Å². The van der Waals surface area contributed by atoms with E-state index in [2.05, 4.69) is 25.1 Å². The Balaban J connectivity index is 1.73. The van der Waals surface area contributed by atoms with Gasteiger partial charge in [-0.25, -0.2) is 0 Å². The molecule has 182 valence electrons. The number of ether oxygens (including phenoxy) is 5. The molecule has 12 heteroatoms. The van der Waals surface area contributed by atoms with Crippen molar-refractivity contribution >= 4 is 11.8 Å². The van der Waals surface area contributed by atoms with Gasteiger partial charge in [-0.1, -0.05) is 23.4 Å². The minimum Gasteiger partial charge on any atom is -0.481 e. The molecule has 1 aromatic carbocycles. The monoisotopic (exact) mass is 480 g/mol. The SMILES string of the molecule is COc1cc(OC)nc(Oc2ccccc2CN(c2cc(C)on2)c2nc(OC)cc(OC)n2)n1. The highest BCUT2D eigenvalue weighted by Gasteiger charge is 2.21. The average molecular weight is 480 g/mol. The number of methoxy groups -OCH3 is 4. The van der Waals surface area contributed by atoms with Gasteiger partial charge in [0.2, 0.25) is 29.5 Å². The molecule has 12 nitrogen and oxygen atoms in total. The van der Waals surface area contributed by atoms with Crippen molar-refractivity contribution in [2.75, 3.05) is 33.3 Å². The molecule has 0 bridgehead atoms. The van der Waals surface area contributed by atoms with Crippen molar-refractivity contribution in [3.8, 4) is 35.3 Å². The first-order valence-corrected chi connectivity index (χ1v) is 10.4. The van der Waals surface area contributed by atoms with Crippen LogP contribution in [0.1, 0.15) is 11.3 Å². The lowest BCUT2D eigenvalue weighted by atomic mass is 10.2. The molecule has 0 saturated heterocycles. The highest BCUT2D eigenvalue weighted by atomic mass is 16.5. The van der Waals surface area contributed by atoms with Crippen LogP contribution in [0, 0.1) is 6.92 Å². The standard InChI is InChI=1S/C23H24N6O6/c1-14-10-17(28-35-14)29(22-24-18(30-2)11-19(25-22)31-3)13-15-8-6-7-9-16(15)34-23-26-20(32-4)12-21(27-23)33-5/h6-12H,13H2,1-5H3. The third-order valence-corrected chi connectivity index (χ3v) is 4.80. The van der Waals surface area contributed by atoms with Crippen molar-refractivity contribution in [3.05, 3.63) is 53.8 Å². The molecule has 0 saturated carbocycles. The van der Waals surface area contributed by atoms with Gasteiger partial charge in [0.15, 0.2) is 5.82 Å². The van der Waals surface area contributed by atoms with Crippen LogP contribution in [0.5, 0.6) is 35.3 Å². The van der Waals surface area contributed by atoms with Crippen molar-refractivity contribution < 1.29 is 28.2 Å².